The van der Waals surface area contributed by atoms with Crippen LogP contribution in [0.25, 0.3) is 0 Å². The lowest BCUT2D eigenvalue weighted by Gasteiger charge is -2.27. The van der Waals surface area contributed by atoms with Gasteiger partial charge in [-0.1, -0.05) is 82.7 Å². The van der Waals surface area contributed by atoms with Crippen molar-refractivity contribution in [3.05, 3.63) is 65.6 Å². The van der Waals surface area contributed by atoms with Gasteiger partial charge in [-0.3, -0.25) is 4.79 Å². The van der Waals surface area contributed by atoms with Crippen LogP contribution in [0.3, 0.4) is 0 Å². The van der Waals surface area contributed by atoms with Gasteiger partial charge in [-0.05, 0) is 29.7 Å². The Labute approximate surface area is 135 Å². The number of allylic oxidation sites excluding steroid dienone is 4. The molecule has 0 N–H and O–H groups in total. The first-order valence-electron chi connectivity index (χ1n) is 8.28. The van der Waals surface area contributed by atoms with Gasteiger partial charge in [-0.2, -0.15) is 0 Å². The van der Waals surface area contributed by atoms with E-state index < -0.39 is 0 Å². The molecule has 1 aliphatic carbocycles. The Balaban J connectivity index is 2.30. The van der Waals surface area contributed by atoms with Crippen molar-refractivity contribution < 1.29 is 4.79 Å². The summed E-state index contributed by atoms with van der Waals surface area (Å²) in [7, 11) is 0. The van der Waals surface area contributed by atoms with E-state index in [4.69, 9.17) is 0 Å². The Morgan fingerprint density at radius 1 is 1.00 bits per heavy atom. The number of ketones is 1. The zero-order valence-corrected chi connectivity index (χ0v) is 14.3. The van der Waals surface area contributed by atoms with E-state index in [1.165, 1.54) is 5.57 Å². The van der Waals surface area contributed by atoms with Crippen molar-refractivity contribution >= 4 is 5.78 Å². The van der Waals surface area contributed by atoms with Crippen LogP contribution >= 0.6 is 0 Å². The number of carbonyl (C=O) groups is 1. The molecular formula is C21H27O. The van der Waals surface area contributed by atoms with Crippen LogP contribution in [-0.4, -0.2) is 5.78 Å². The molecule has 0 bridgehead atoms. The molecule has 0 aliphatic heterocycles. The highest BCUT2D eigenvalue weighted by Gasteiger charge is 2.27. The predicted molar refractivity (Wildman–Crippen MR) is 93.5 cm³/mol. The summed E-state index contributed by atoms with van der Waals surface area (Å²) in [4.78, 5) is 13.0. The molecule has 22 heavy (non-hydrogen) atoms. The van der Waals surface area contributed by atoms with Crippen LogP contribution in [0.5, 0.6) is 0 Å². The SMILES string of the molecule is CC(C)C1=C(C(=O)C(C)c2ccccc2)C=CC(C(C)C)[CH]1. The highest BCUT2D eigenvalue weighted by molar-refractivity contribution is 6.03. The maximum atomic E-state index is 13.0. The third kappa shape index (κ3) is 3.58. The summed E-state index contributed by atoms with van der Waals surface area (Å²) in [6.45, 7) is 10.8. The largest absolute Gasteiger partial charge is 0.294 e. The molecule has 2 rings (SSSR count). The first-order valence-corrected chi connectivity index (χ1v) is 8.28. The number of Topliss-reactive ketones (excluding diaryl/α,β-unsaturated/α-hetero) is 1. The van der Waals surface area contributed by atoms with E-state index in [1.807, 2.05) is 37.3 Å². The average Bonchev–Trinajstić information content (AvgIpc) is 2.53. The van der Waals surface area contributed by atoms with Gasteiger partial charge < -0.3 is 0 Å². The van der Waals surface area contributed by atoms with Gasteiger partial charge in [-0.15, -0.1) is 0 Å². The van der Waals surface area contributed by atoms with Crippen LogP contribution in [-0.2, 0) is 4.79 Å². The van der Waals surface area contributed by atoms with Crippen molar-refractivity contribution in [3.63, 3.8) is 0 Å². The third-order valence-electron chi connectivity index (χ3n) is 4.52. The minimum absolute atomic E-state index is 0.0985. The molecule has 1 aliphatic rings. The average molecular weight is 295 g/mol. The Morgan fingerprint density at radius 2 is 1.64 bits per heavy atom. The van der Waals surface area contributed by atoms with E-state index in [0.717, 1.165) is 11.1 Å². The zero-order valence-electron chi connectivity index (χ0n) is 14.3. The molecule has 1 heteroatoms. The summed E-state index contributed by atoms with van der Waals surface area (Å²) in [5.74, 6) is 1.49. The van der Waals surface area contributed by atoms with Crippen molar-refractivity contribution in [1.29, 1.82) is 0 Å². The number of rotatable bonds is 5. The maximum absolute atomic E-state index is 13.0. The second-order valence-corrected chi connectivity index (χ2v) is 6.87. The molecule has 0 fully saturated rings. The van der Waals surface area contributed by atoms with Gasteiger partial charge in [0.05, 0.1) is 0 Å². The second-order valence-electron chi connectivity index (χ2n) is 6.87. The van der Waals surface area contributed by atoms with Gasteiger partial charge in [-0.25, -0.2) is 0 Å². The lowest BCUT2D eigenvalue weighted by atomic mass is 9.76. The first kappa shape index (κ1) is 16.7. The van der Waals surface area contributed by atoms with E-state index in [-0.39, 0.29) is 11.7 Å². The Hall–Kier alpha value is -1.63. The van der Waals surface area contributed by atoms with Gasteiger partial charge in [0.25, 0.3) is 0 Å². The Bertz CT molecular complexity index is 575. The van der Waals surface area contributed by atoms with Crippen molar-refractivity contribution in [2.45, 2.75) is 40.5 Å². The van der Waals surface area contributed by atoms with E-state index in [9.17, 15) is 4.79 Å². The first-order chi connectivity index (χ1) is 10.4. The number of carbonyl (C=O) groups excluding carboxylic acids is 1. The molecule has 0 saturated carbocycles. The molecule has 1 radical (unpaired) electrons. The van der Waals surface area contributed by atoms with Crippen LogP contribution in [0.4, 0.5) is 0 Å². The summed E-state index contributed by atoms with van der Waals surface area (Å²) in [5.41, 5.74) is 3.18. The smallest absolute Gasteiger partial charge is 0.169 e. The minimum Gasteiger partial charge on any atom is -0.294 e. The lowest BCUT2D eigenvalue weighted by Crippen LogP contribution is -2.21. The quantitative estimate of drug-likeness (QED) is 0.715. The molecular weight excluding hydrogens is 268 g/mol. The van der Waals surface area contributed by atoms with E-state index in [0.29, 0.717) is 17.8 Å². The fraction of sp³-hybridized carbons (Fsp3) is 0.429. The fourth-order valence-corrected chi connectivity index (χ4v) is 2.93. The standard InChI is InChI=1S/C21H27O/c1-14(2)18-11-12-19(20(13-18)15(3)4)21(22)16(5)17-9-7-6-8-10-17/h6-16,18H,1-5H3. The normalized spacial score (nSPS) is 19.9. The molecule has 0 spiro atoms. The monoisotopic (exact) mass is 295 g/mol. The van der Waals surface area contributed by atoms with Crippen LogP contribution in [0.15, 0.2) is 53.6 Å². The lowest BCUT2D eigenvalue weighted by molar-refractivity contribution is -0.116. The molecule has 2 unspecified atom stereocenters. The number of benzene rings is 1. The highest BCUT2D eigenvalue weighted by Crippen LogP contribution is 2.34. The molecule has 117 valence electrons. The van der Waals surface area contributed by atoms with Gasteiger partial charge in [0.1, 0.15) is 0 Å². The number of hydrogen-bond donors (Lipinski definition) is 0. The molecule has 1 nitrogen and oxygen atoms in total. The van der Waals surface area contributed by atoms with Crippen LogP contribution in [0.2, 0.25) is 0 Å². The molecule has 0 heterocycles. The van der Waals surface area contributed by atoms with Crippen LogP contribution in [0, 0.1) is 24.2 Å². The minimum atomic E-state index is -0.0985. The fourth-order valence-electron chi connectivity index (χ4n) is 2.93. The van der Waals surface area contributed by atoms with E-state index in [1.54, 1.807) is 0 Å². The van der Waals surface area contributed by atoms with Crippen molar-refractivity contribution in [3.8, 4) is 0 Å². The molecule has 1 aromatic rings. The molecule has 0 amide bonds. The van der Waals surface area contributed by atoms with Crippen LogP contribution < -0.4 is 0 Å². The maximum Gasteiger partial charge on any atom is 0.169 e. The number of hydrogen-bond acceptors (Lipinski definition) is 1. The molecule has 2 atom stereocenters. The summed E-state index contributed by atoms with van der Waals surface area (Å²) in [6.07, 6.45) is 6.53. The van der Waals surface area contributed by atoms with Gasteiger partial charge in [0.15, 0.2) is 5.78 Å². The molecule has 0 aromatic heterocycles. The zero-order chi connectivity index (χ0) is 16.3. The van der Waals surface area contributed by atoms with Crippen molar-refractivity contribution in [2.24, 2.45) is 17.8 Å². The Kier molecular flexibility index (Phi) is 5.39. The predicted octanol–water partition coefficient (Wildman–Crippen LogP) is 5.36. The van der Waals surface area contributed by atoms with Gasteiger partial charge in [0, 0.05) is 11.5 Å². The molecule has 0 saturated heterocycles. The highest BCUT2D eigenvalue weighted by atomic mass is 16.1. The summed E-state index contributed by atoms with van der Waals surface area (Å²) < 4.78 is 0. The summed E-state index contributed by atoms with van der Waals surface area (Å²) >= 11 is 0. The third-order valence-corrected chi connectivity index (χ3v) is 4.52. The molecule has 1 aromatic carbocycles. The second kappa shape index (κ2) is 7.09. The Morgan fingerprint density at radius 3 is 2.18 bits per heavy atom. The summed E-state index contributed by atoms with van der Waals surface area (Å²) in [6, 6.07) is 10.0. The van der Waals surface area contributed by atoms with Crippen molar-refractivity contribution in [1.82, 2.24) is 0 Å². The van der Waals surface area contributed by atoms with E-state index in [2.05, 4.69) is 46.3 Å². The van der Waals surface area contributed by atoms with E-state index >= 15 is 0 Å². The van der Waals surface area contributed by atoms with Crippen molar-refractivity contribution in [2.75, 3.05) is 0 Å². The van der Waals surface area contributed by atoms with Crippen LogP contribution in [0.1, 0.15) is 46.1 Å². The summed E-state index contributed by atoms with van der Waals surface area (Å²) in [5, 5.41) is 0. The van der Waals surface area contributed by atoms with Gasteiger partial charge in [0.2, 0.25) is 0 Å². The van der Waals surface area contributed by atoms with Gasteiger partial charge >= 0.3 is 0 Å². The topological polar surface area (TPSA) is 17.1 Å².